The number of aryl methyl sites for hydroxylation is 1. The second kappa shape index (κ2) is 6.62. The van der Waals surface area contributed by atoms with E-state index in [9.17, 15) is 4.79 Å². The highest BCUT2D eigenvalue weighted by Crippen LogP contribution is 2.14. The van der Waals surface area contributed by atoms with Crippen molar-refractivity contribution in [3.05, 3.63) is 48.7 Å². The van der Waals surface area contributed by atoms with Gasteiger partial charge < -0.3 is 15.2 Å². The molecule has 9 heteroatoms. The van der Waals surface area contributed by atoms with E-state index >= 15 is 0 Å². The average molecular weight is 322 g/mol. The lowest BCUT2D eigenvalue weighted by atomic mass is 10.3. The van der Waals surface area contributed by atoms with Gasteiger partial charge >= 0.3 is 0 Å². The highest BCUT2D eigenvalue weighted by atomic mass is 16.1. The van der Waals surface area contributed by atoms with Gasteiger partial charge in [-0.2, -0.15) is 15.3 Å². The highest BCUT2D eigenvalue weighted by Gasteiger charge is 2.09. The monoisotopic (exact) mass is 322 g/mol. The summed E-state index contributed by atoms with van der Waals surface area (Å²) in [6, 6.07) is 5.25. The second-order valence-electron chi connectivity index (χ2n) is 4.91. The summed E-state index contributed by atoms with van der Waals surface area (Å²) in [5.74, 6) is 0.721. The second-order valence-corrected chi connectivity index (χ2v) is 4.91. The first-order valence-corrected chi connectivity index (χ1v) is 7.08. The summed E-state index contributed by atoms with van der Waals surface area (Å²) in [5.41, 5.74) is 1.23. The molecule has 2 N–H and O–H groups in total. The fraction of sp³-hybridized carbons (Fsp3) is 0.133. The number of nitrogens with one attached hydrogen (secondary N) is 2. The van der Waals surface area contributed by atoms with E-state index in [0.717, 1.165) is 5.69 Å². The molecule has 0 unspecified atom stereocenters. The van der Waals surface area contributed by atoms with E-state index in [-0.39, 0.29) is 12.5 Å². The van der Waals surface area contributed by atoms with Crippen LogP contribution in [-0.2, 0) is 7.05 Å². The van der Waals surface area contributed by atoms with Crippen LogP contribution in [0.4, 0.5) is 11.6 Å². The summed E-state index contributed by atoms with van der Waals surface area (Å²) in [7, 11) is 1.82. The van der Waals surface area contributed by atoms with Gasteiger partial charge in [-0.05, 0) is 12.1 Å². The zero-order chi connectivity index (χ0) is 16.9. The zero-order valence-corrected chi connectivity index (χ0v) is 12.8. The molecular formula is C15H14N8O. The Bertz CT molecular complexity index is 904. The minimum absolute atomic E-state index is 0.0311. The zero-order valence-electron chi connectivity index (χ0n) is 12.8. The maximum atomic E-state index is 11.8. The first kappa shape index (κ1) is 15.2. The summed E-state index contributed by atoms with van der Waals surface area (Å²) >= 11 is 0. The molecule has 9 nitrogen and oxygen atoms in total. The molecular weight excluding hydrogens is 308 g/mol. The molecule has 3 rings (SSSR count). The van der Waals surface area contributed by atoms with E-state index in [1.165, 1.54) is 0 Å². The minimum atomic E-state index is -0.307. The molecule has 24 heavy (non-hydrogen) atoms. The summed E-state index contributed by atoms with van der Waals surface area (Å²) < 4.78 is 3.38. The third kappa shape index (κ3) is 3.38. The van der Waals surface area contributed by atoms with Crippen LogP contribution in [0.5, 0.6) is 0 Å². The van der Waals surface area contributed by atoms with Crippen molar-refractivity contribution in [1.29, 1.82) is 5.26 Å². The molecule has 0 aliphatic heterocycles. The van der Waals surface area contributed by atoms with E-state index in [1.54, 1.807) is 46.2 Å². The van der Waals surface area contributed by atoms with Crippen molar-refractivity contribution in [2.24, 2.45) is 7.05 Å². The Hall–Kier alpha value is -3.67. The van der Waals surface area contributed by atoms with E-state index in [4.69, 9.17) is 5.26 Å². The summed E-state index contributed by atoms with van der Waals surface area (Å²) in [4.78, 5) is 20.4. The Morgan fingerprint density at radius 3 is 3.00 bits per heavy atom. The van der Waals surface area contributed by atoms with Crippen molar-refractivity contribution in [3.8, 4) is 11.9 Å². The number of hydrogen-bond acceptors (Lipinski definition) is 6. The van der Waals surface area contributed by atoms with Gasteiger partial charge in [0.25, 0.3) is 5.91 Å². The van der Waals surface area contributed by atoms with Crippen LogP contribution in [0.2, 0.25) is 0 Å². The number of anilines is 2. The van der Waals surface area contributed by atoms with E-state index < -0.39 is 0 Å². The van der Waals surface area contributed by atoms with Crippen LogP contribution in [0.1, 0.15) is 10.4 Å². The smallest absolute Gasteiger partial charge is 0.253 e. The van der Waals surface area contributed by atoms with Gasteiger partial charge in [0.1, 0.15) is 12.4 Å². The molecule has 0 saturated carbocycles. The summed E-state index contributed by atoms with van der Waals surface area (Å²) in [6.07, 6.45) is 8.46. The Morgan fingerprint density at radius 2 is 2.25 bits per heavy atom. The molecule has 0 atom stereocenters. The fourth-order valence-electron chi connectivity index (χ4n) is 2.06. The van der Waals surface area contributed by atoms with Gasteiger partial charge in [0.05, 0.1) is 23.5 Å². The van der Waals surface area contributed by atoms with E-state index in [0.29, 0.717) is 17.3 Å². The van der Waals surface area contributed by atoms with Crippen molar-refractivity contribution < 1.29 is 4.79 Å². The molecule has 0 aromatic carbocycles. The normalized spacial score (nSPS) is 10.2. The predicted octanol–water partition coefficient (Wildman–Crippen LogP) is 0.998. The molecule has 0 saturated heterocycles. The number of aromatic nitrogens is 5. The molecule has 0 spiro atoms. The fourth-order valence-corrected chi connectivity index (χ4v) is 2.06. The number of nitriles is 1. The highest BCUT2D eigenvalue weighted by molar-refractivity contribution is 5.94. The summed E-state index contributed by atoms with van der Waals surface area (Å²) in [5, 5.41) is 18.1. The van der Waals surface area contributed by atoms with Gasteiger partial charge in [-0.3, -0.25) is 9.48 Å². The van der Waals surface area contributed by atoms with Gasteiger partial charge in [0.15, 0.2) is 0 Å². The van der Waals surface area contributed by atoms with E-state index in [1.807, 2.05) is 19.3 Å². The number of nitrogens with zero attached hydrogens (tertiary/aromatic N) is 6. The van der Waals surface area contributed by atoms with Crippen molar-refractivity contribution in [3.63, 3.8) is 0 Å². The van der Waals surface area contributed by atoms with Gasteiger partial charge in [-0.25, -0.2) is 4.98 Å². The van der Waals surface area contributed by atoms with Crippen LogP contribution < -0.4 is 10.6 Å². The molecule has 3 aromatic heterocycles. The lowest BCUT2D eigenvalue weighted by Crippen LogP contribution is -2.22. The molecule has 1 amide bonds. The van der Waals surface area contributed by atoms with Crippen LogP contribution >= 0.6 is 0 Å². The molecule has 3 aromatic rings. The predicted molar refractivity (Wildman–Crippen MR) is 85.8 cm³/mol. The molecule has 0 aliphatic rings. The van der Waals surface area contributed by atoms with Crippen LogP contribution in [-0.4, -0.2) is 36.8 Å². The van der Waals surface area contributed by atoms with Crippen molar-refractivity contribution >= 4 is 17.5 Å². The quantitative estimate of drug-likeness (QED) is 0.677. The Kier molecular flexibility index (Phi) is 4.20. The van der Waals surface area contributed by atoms with Crippen molar-refractivity contribution in [2.45, 2.75) is 0 Å². The largest absolute Gasteiger partial charge is 0.339 e. The van der Waals surface area contributed by atoms with Crippen LogP contribution in [0.15, 0.2) is 43.1 Å². The van der Waals surface area contributed by atoms with Crippen LogP contribution in [0.3, 0.4) is 0 Å². The first-order valence-electron chi connectivity index (χ1n) is 7.08. The Balaban J connectivity index is 1.78. The van der Waals surface area contributed by atoms with E-state index in [2.05, 4.69) is 25.7 Å². The van der Waals surface area contributed by atoms with Gasteiger partial charge in [0, 0.05) is 31.8 Å². The van der Waals surface area contributed by atoms with Crippen molar-refractivity contribution in [2.75, 3.05) is 11.9 Å². The SMILES string of the molecule is Cn1cc(Nc2nccc(-n3ccc(C(=O)NCC#N)c3)n2)cn1. The first-order chi connectivity index (χ1) is 11.7. The maximum Gasteiger partial charge on any atom is 0.253 e. The van der Waals surface area contributed by atoms with Crippen LogP contribution in [0, 0.1) is 11.3 Å². The molecule has 0 aliphatic carbocycles. The maximum absolute atomic E-state index is 11.8. The molecule has 0 radical (unpaired) electrons. The lowest BCUT2D eigenvalue weighted by molar-refractivity contribution is 0.0958. The lowest BCUT2D eigenvalue weighted by Gasteiger charge is -2.05. The Morgan fingerprint density at radius 1 is 1.38 bits per heavy atom. The minimum Gasteiger partial charge on any atom is -0.339 e. The van der Waals surface area contributed by atoms with Gasteiger partial charge in [-0.15, -0.1) is 0 Å². The number of rotatable bonds is 5. The van der Waals surface area contributed by atoms with Gasteiger partial charge in [0.2, 0.25) is 5.95 Å². The number of carbonyl (C=O) groups excluding carboxylic acids is 1. The van der Waals surface area contributed by atoms with Crippen LogP contribution in [0.25, 0.3) is 5.82 Å². The number of hydrogen-bond donors (Lipinski definition) is 2. The summed E-state index contributed by atoms with van der Waals surface area (Å²) in [6.45, 7) is -0.0311. The van der Waals surface area contributed by atoms with Crippen molar-refractivity contribution in [1.82, 2.24) is 29.6 Å². The average Bonchev–Trinajstić information content (AvgIpc) is 3.22. The molecule has 0 bridgehead atoms. The standard InChI is InChI=1S/C15H14N8O/c1-22-10-12(8-19-22)20-15-18-5-2-13(21-15)23-7-3-11(9-23)14(24)17-6-4-16/h2-3,5,7-10H,6H2,1H3,(H,17,24)(H,18,20,21). The molecule has 0 fully saturated rings. The van der Waals surface area contributed by atoms with Gasteiger partial charge in [-0.1, -0.05) is 0 Å². The number of carbonyl (C=O) groups is 1. The Labute approximate surface area is 137 Å². The third-order valence-corrected chi connectivity index (χ3v) is 3.15. The molecule has 120 valence electrons. The molecule has 3 heterocycles. The number of amides is 1. The topological polar surface area (TPSA) is 113 Å². The third-order valence-electron chi connectivity index (χ3n) is 3.15.